The van der Waals surface area contributed by atoms with Gasteiger partial charge in [-0.25, -0.2) is 8.42 Å². The van der Waals surface area contributed by atoms with E-state index in [1.165, 1.54) is 17.0 Å². The van der Waals surface area contributed by atoms with Gasteiger partial charge in [0, 0.05) is 19.5 Å². The fraction of sp³-hybridized carbons (Fsp3) is 0.257. The lowest BCUT2D eigenvalue weighted by molar-refractivity contribution is -0.140. The van der Waals surface area contributed by atoms with E-state index in [4.69, 9.17) is 4.74 Å². The van der Waals surface area contributed by atoms with Crippen molar-refractivity contribution >= 4 is 27.5 Å². The SMILES string of the molecule is CCNC(=O)[C@H](Cc1ccccc1)N(Cc1cccc(C)c1)C(=O)CN(c1ccccc1OCC)S(=O)(=O)c1ccccc1. The van der Waals surface area contributed by atoms with Gasteiger partial charge in [0.05, 0.1) is 17.2 Å². The third-order valence-corrected chi connectivity index (χ3v) is 8.88. The topological polar surface area (TPSA) is 96.0 Å². The number of amides is 2. The summed E-state index contributed by atoms with van der Waals surface area (Å²) in [6.45, 7) is 5.84. The molecule has 0 aliphatic heterocycles. The Labute approximate surface area is 260 Å². The highest BCUT2D eigenvalue weighted by atomic mass is 32.2. The molecule has 4 aromatic rings. The van der Waals surface area contributed by atoms with Gasteiger partial charge < -0.3 is 15.0 Å². The highest BCUT2D eigenvalue weighted by Gasteiger charge is 2.35. The Kier molecular flexibility index (Phi) is 11.2. The van der Waals surface area contributed by atoms with E-state index in [-0.39, 0.29) is 29.5 Å². The van der Waals surface area contributed by atoms with Crippen LogP contribution in [0, 0.1) is 6.92 Å². The number of ether oxygens (including phenoxy) is 1. The van der Waals surface area contributed by atoms with E-state index >= 15 is 0 Å². The number of nitrogens with zero attached hydrogens (tertiary/aromatic N) is 2. The maximum absolute atomic E-state index is 14.5. The van der Waals surface area contributed by atoms with Crippen LogP contribution in [-0.2, 0) is 32.6 Å². The van der Waals surface area contributed by atoms with Gasteiger partial charge in [0.1, 0.15) is 18.3 Å². The number of hydrogen-bond donors (Lipinski definition) is 1. The number of nitrogens with one attached hydrogen (secondary N) is 1. The number of benzene rings is 4. The highest BCUT2D eigenvalue weighted by Crippen LogP contribution is 2.33. The van der Waals surface area contributed by atoms with Gasteiger partial charge in [0.2, 0.25) is 11.8 Å². The molecular formula is C35H39N3O5S. The normalized spacial score (nSPS) is 11.8. The van der Waals surface area contributed by atoms with Gasteiger partial charge in [-0.15, -0.1) is 0 Å². The van der Waals surface area contributed by atoms with Crippen LogP contribution in [0.3, 0.4) is 0 Å². The summed E-state index contributed by atoms with van der Waals surface area (Å²) in [5.41, 5.74) is 2.94. The van der Waals surface area contributed by atoms with Crippen LogP contribution in [0.25, 0.3) is 0 Å². The predicted molar refractivity (Wildman–Crippen MR) is 173 cm³/mol. The van der Waals surface area contributed by atoms with Crippen LogP contribution in [0.15, 0.2) is 114 Å². The van der Waals surface area contributed by atoms with Crippen molar-refractivity contribution in [2.75, 3.05) is 24.0 Å². The van der Waals surface area contributed by atoms with Crippen molar-refractivity contribution in [1.29, 1.82) is 0 Å². The third kappa shape index (κ3) is 8.05. The first-order valence-electron chi connectivity index (χ1n) is 14.7. The number of sulfonamides is 1. The number of carbonyl (C=O) groups is 2. The van der Waals surface area contributed by atoms with Crippen molar-refractivity contribution in [2.24, 2.45) is 0 Å². The number of anilines is 1. The maximum Gasteiger partial charge on any atom is 0.264 e. The smallest absolute Gasteiger partial charge is 0.264 e. The molecule has 0 saturated heterocycles. The highest BCUT2D eigenvalue weighted by molar-refractivity contribution is 7.92. The van der Waals surface area contributed by atoms with Gasteiger partial charge >= 0.3 is 0 Å². The molecule has 4 aromatic carbocycles. The molecule has 0 spiro atoms. The second kappa shape index (κ2) is 15.2. The molecule has 0 fully saturated rings. The minimum Gasteiger partial charge on any atom is -0.492 e. The second-order valence-corrected chi connectivity index (χ2v) is 12.2. The van der Waals surface area contributed by atoms with E-state index in [9.17, 15) is 18.0 Å². The fourth-order valence-electron chi connectivity index (χ4n) is 5.03. The molecule has 0 saturated carbocycles. The lowest BCUT2D eigenvalue weighted by atomic mass is 10.0. The number of aryl methyl sites for hydroxylation is 1. The van der Waals surface area contributed by atoms with Crippen molar-refractivity contribution in [1.82, 2.24) is 10.2 Å². The zero-order valence-corrected chi connectivity index (χ0v) is 26.2. The lowest BCUT2D eigenvalue weighted by Crippen LogP contribution is -2.53. The molecule has 0 aliphatic rings. The summed E-state index contributed by atoms with van der Waals surface area (Å²) < 4.78 is 35.2. The largest absolute Gasteiger partial charge is 0.492 e. The van der Waals surface area contributed by atoms with Gasteiger partial charge in [-0.1, -0.05) is 90.5 Å². The van der Waals surface area contributed by atoms with Gasteiger partial charge in [-0.3, -0.25) is 13.9 Å². The van der Waals surface area contributed by atoms with Crippen LogP contribution in [0.5, 0.6) is 5.75 Å². The summed E-state index contributed by atoms with van der Waals surface area (Å²) in [6.07, 6.45) is 0.255. The minimum absolute atomic E-state index is 0.0360. The Morgan fingerprint density at radius 3 is 2.11 bits per heavy atom. The van der Waals surface area contributed by atoms with Crippen LogP contribution >= 0.6 is 0 Å². The van der Waals surface area contributed by atoms with Crippen LogP contribution in [0.4, 0.5) is 5.69 Å². The number of rotatable bonds is 14. The molecule has 0 bridgehead atoms. The summed E-state index contributed by atoms with van der Waals surface area (Å²) in [5.74, 6) is -0.508. The van der Waals surface area contributed by atoms with Gasteiger partial charge in [0.15, 0.2) is 0 Å². The van der Waals surface area contributed by atoms with Crippen molar-refractivity contribution in [3.8, 4) is 5.75 Å². The second-order valence-electron chi connectivity index (χ2n) is 10.3. The average Bonchev–Trinajstić information content (AvgIpc) is 3.03. The first kappa shape index (κ1) is 32.3. The summed E-state index contributed by atoms with van der Waals surface area (Å²) in [6, 6.07) is 31.0. The van der Waals surface area contributed by atoms with Crippen molar-refractivity contribution < 1.29 is 22.7 Å². The standard InChI is InChI=1S/C35H39N3O5S/c1-4-36-35(40)32(24-28-16-8-6-9-17-28)37(25-29-18-14-15-27(3)23-29)34(39)26-38(31-21-12-13-22-33(31)43-5-2)44(41,42)30-19-10-7-11-20-30/h6-23,32H,4-5,24-26H2,1-3H3,(H,36,40)/t32-/m0/s1. The molecule has 1 N–H and O–H groups in total. The fourth-order valence-corrected chi connectivity index (χ4v) is 6.47. The monoisotopic (exact) mass is 613 g/mol. The first-order chi connectivity index (χ1) is 21.2. The van der Waals surface area contributed by atoms with E-state index in [1.54, 1.807) is 42.5 Å². The third-order valence-electron chi connectivity index (χ3n) is 7.10. The van der Waals surface area contributed by atoms with E-state index < -0.39 is 28.5 Å². The Balaban J connectivity index is 1.82. The Morgan fingerprint density at radius 2 is 1.45 bits per heavy atom. The quantitative estimate of drug-likeness (QED) is 0.207. The molecule has 0 aromatic heterocycles. The molecule has 4 rings (SSSR count). The first-order valence-corrected chi connectivity index (χ1v) is 16.1. The summed E-state index contributed by atoms with van der Waals surface area (Å²) in [5, 5.41) is 2.88. The average molecular weight is 614 g/mol. The lowest BCUT2D eigenvalue weighted by Gasteiger charge is -2.34. The van der Waals surface area contributed by atoms with Crippen LogP contribution in [0.1, 0.15) is 30.5 Å². The summed E-state index contributed by atoms with van der Waals surface area (Å²) in [7, 11) is -4.21. The van der Waals surface area contributed by atoms with Crippen molar-refractivity contribution in [3.05, 3.63) is 126 Å². The molecule has 0 aliphatic carbocycles. The summed E-state index contributed by atoms with van der Waals surface area (Å²) in [4.78, 5) is 29.6. The molecule has 44 heavy (non-hydrogen) atoms. The van der Waals surface area contributed by atoms with Gasteiger partial charge in [0.25, 0.3) is 10.0 Å². The molecule has 230 valence electrons. The summed E-state index contributed by atoms with van der Waals surface area (Å²) >= 11 is 0. The van der Waals surface area contributed by atoms with E-state index in [1.807, 2.05) is 75.4 Å². The predicted octanol–water partition coefficient (Wildman–Crippen LogP) is 5.37. The van der Waals surface area contributed by atoms with E-state index in [2.05, 4.69) is 5.32 Å². The molecule has 0 heterocycles. The van der Waals surface area contributed by atoms with Gasteiger partial charge in [-0.2, -0.15) is 0 Å². The number of likely N-dealkylation sites (N-methyl/N-ethyl adjacent to an activating group) is 1. The molecule has 8 nitrogen and oxygen atoms in total. The van der Waals surface area contributed by atoms with E-state index in [0.717, 1.165) is 21.0 Å². The number of carbonyl (C=O) groups excluding carboxylic acids is 2. The minimum atomic E-state index is -4.21. The molecule has 0 unspecified atom stereocenters. The molecule has 0 radical (unpaired) electrons. The molecule has 2 amide bonds. The zero-order valence-electron chi connectivity index (χ0n) is 25.3. The molecule has 1 atom stereocenters. The number of para-hydroxylation sites is 2. The van der Waals surface area contributed by atoms with Crippen LogP contribution in [-0.4, -0.2) is 50.9 Å². The van der Waals surface area contributed by atoms with E-state index in [0.29, 0.717) is 18.9 Å². The van der Waals surface area contributed by atoms with Gasteiger partial charge in [-0.05, 0) is 56.2 Å². The van der Waals surface area contributed by atoms with Crippen molar-refractivity contribution in [2.45, 2.75) is 44.7 Å². The van der Waals surface area contributed by atoms with Crippen LogP contribution in [0.2, 0.25) is 0 Å². The molecular weight excluding hydrogens is 574 g/mol. The Hall–Kier alpha value is -4.63. The zero-order chi connectivity index (χ0) is 31.5. The Morgan fingerprint density at radius 1 is 0.818 bits per heavy atom. The van der Waals surface area contributed by atoms with Crippen molar-refractivity contribution in [3.63, 3.8) is 0 Å². The Bertz CT molecular complexity index is 1650. The maximum atomic E-state index is 14.5. The molecule has 9 heteroatoms. The number of hydrogen-bond acceptors (Lipinski definition) is 5. The van der Waals surface area contributed by atoms with Crippen LogP contribution < -0.4 is 14.4 Å².